The van der Waals surface area contributed by atoms with E-state index in [1.54, 1.807) is 6.07 Å². The van der Waals surface area contributed by atoms with Crippen molar-refractivity contribution in [3.63, 3.8) is 0 Å². The molecule has 0 aliphatic carbocycles. The first-order chi connectivity index (χ1) is 14.6. The number of thiol groups is 1. The molecule has 0 saturated heterocycles. The summed E-state index contributed by atoms with van der Waals surface area (Å²) in [6.07, 6.45) is 0.703. The van der Waals surface area contributed by atoms with Gasteiger partial charge in [0.25, 0.3) is 5.91 Å². The van der Waals surface area contributed by atoms with E-state index in [9.17, 15) is 14.7 Å². The normalized spacial score (nSPS) is 11.0. The summed E-state index contributed by atoms with van der Waals surface area (Å²) < 4.78 is 0. The second-order valence-electron chi connectivity index (χ2n) is 7.06. The third kappa shape index (κ3) is 3.64. The number of carbonyl (C=O) groups excluding carboxylic acids is 1. The molecule has 0 unspecified atom stereocenters. The number of benzene rings is 4. The summed E-state index contributed by atoms with van der Waals surface area (Å²) in [5.41, 5.74) is 1.68. The van der Waals surface area contributed by atoms with Crippen molar-refractivity contribution in [3.05, 3.63) is 83.9 Å². The van der Waals surface area contributed by atoms with Crippen LogP contribution >= 0.6 is 12.6 Å². The molecule has 0 saturated carbocycles. The lowest BCUT2D eigenvalue weighted by Gasteiger charge is -2.18. The summed E-state index contributed by atoms with van der Waals surface area (Å²) in [5, 5.41) is 16.4. The summed E-state index contributed by atoms with van der Waals surface area (Å²) in [6, 6.07) is 23.0. The Bertz CT molecular complexity index is 1260. The predicted octanol–water partition coefficient (Wildman–Crippen LogP) is 5.41. The lowest BCUT2D eigenvalue weighted by molar-refractivity contribution is 0.0691. The lowest BCUT2D eigenvalue weighted by atomic mass is 9.87. The predicted molar refractivity (Wildman–Crippen MR) is 125 cm³/mol. The molecule has 4 aromatic rings. The van der Waals surface area contributed by atoms with Crippen LogP contribution in [0.5, 0.6) is 0 Å². The van der Waals surface area contributed by atoms with Gasteiger partial charge in [0, 0.05) is 12.1 Å². The second kappa shape index (κ2) is 8.59. The molecular formula is C25H21NO3S. The van der Waals surface area contributed by atoms with Gasteiger partial charge in [-0.15, -0.1) is 0 Å². The second-order valence-corrected chi connectivity index (χ2v) is 7.51. The van der Waals surface area contributed by atoms with Crippen molar-refractivity contribution in [1.82, 2.24) is 5.32 Å². The highest BCUT2D eigenvalue weighted by Crippen LogP contribution is 2.38. The number of hydrogen-bond donors (Lipinski definition) is 3. The van der Waals surface area contributed by atoms with Gasteiger partial charge in [-0.3, -0.25) is 4.79 Å². The van der Waals surface area contributed by atoms with Crippen LogP contribution in [-0.4, -0.2) is 29.3 Å². The van der Waals surface area contributed by atoms with Crippen LogP contribution in [0.25, 0.3) is 32.7 Å². The first kappa shape index (κ1) is 20.0. The fourth-order valence-corrected chi connectivity index (χ4v) is 4.00. The van der Waals surface area contributed by atoms with Crippen LogP contribution < -0.4 is 5.32 Å². The topological polar surface area (TPSA) is 66.4 Å². The highest BCUT2D eigenvalue weighted by Gasteiger charge is 2.25. The first-order valence-electron chi connectivity index (χ1n) is 9.78. The Kier molecular flexibility index (Phi) is 5.72. The van der Waals surface area contributed by atoms with Gasteiger partial charge in [0.05, 0.1) is 11.1 Å². The van der Waals surface area contributed by atoms with Crippen molar-refractivity contribution in [1.29, 1.82) is 0 Å². The molecule has 0 atom stereocenters. The van der Waals surface area contributed by atoms with Gasteiger partial charge in [-0.1, -0.05) is 66.7 Å². The molecule has 0 spiro atoms. The Morgan fingerprint density at radius 2 is 1.53 bits per heavy atom. The lowest BCUT2D eigenvalue weighted by Crippen LogP contribution is -2.27. The Labute approximate surface area is 179 Å². The highest BCUT2D eigenvalue weighted by atomic mass is 32.1. The Hall–Kier alpha value is -3.31. The van der Waals surface area contributed by atoms with E-state index < -0.39 is 5.97 Å². The minimum Gasteiger partial charge on any atom is -0.478 e. The zero-order chi connectivity index (χ0) is 21.1. The van der Waals surface area contributed by atoms with Crippen LogP contribution in [0.1, 0.15) is 27.1 Å². The molecule has 0 radical (unpaired) electrons. The fourth-order valence-electron chi connectivity index (χ4n) is 3.84. The van der Waals surface area contributed by atoms with Gasteiger partial charge >= 0.3 is 5.97 Å². The van der Waals surface area contributed by atoms with Crippen molar-refractivity contribution in [2.75, 3.05) is 12.3 Å². The van der Waals surface area contributed by atoms with Crippen LogP contribution in [0.4, 0.5) is 0 Å². The standard InChI is InChI=1S/C25H21NO3S/c27-24(26-13-6-14-30)23-21(25(28)29)15-17-8-2-4-11-19(17)22(23)20-12-5-9-16-7-1-3-10-18(16)20/h1-5,7-12,15,30H,6,13-14H2,(H,26,27)(H,28,29). The zero-order valence-corrected chi connectivity index (χ0v) is 17.2. The van der Waals surface area contributed by atoms with Gasteiger partial charge in [0.1, 0.15) is 0 Å². The number of nitrogens with one attached hydrogen (secondary N) is 1. The van der Waals surface area contributed by atoms with E-state index in [1.165, 1.54) is 0 Å². The van der Waals surface area contributed by atoms with Crippen molar-refractivity contribution < 1.29 is 14.7 Å². The van der Waals surface area contributed by atoms with E-state index in [4.69, 9.17) is 0 Å². The van der Waals surface area contributed by atoms with Crippen LogP contribution in [0.2, 0.25) is 0 Å². The molecule has 0 bridgehead atoms. The molecule has 4 nitrogen and oxygen atoms in total. The monoisotopic (exact) mass is 415 g/mol. The molecule has 0 heterocycles. The van der Waals surface area contributed by atoms with Gasteiger partial charge < -0.3 is 10.4 Å². The number of amides is 1. The molecule has 5 heteroatoms. The maximum Gasteiger partial charge on any atom is 0.336 e. The molecule has 2 N–H and O–H groups in total. The van der Waals surface area contributed by atoms with Gasteiger partial charge in [0.15, 0.2) is 0 Å². The maximum absolute atomic E-state index is 13.2. The zero-order valence-electron chi connectivity index (χ0n) is 16.3. The summed E-state index contributed by atoms with van der Waals surface area (Å²) in [4.78, 5) is 25.4. The molecule has 0 aromatic heterocycles. The molecule has 0 aliphatic rings. The molecule has 0 aliphatic heterocycles. The Morgan fingerprint density at radius 1 is 0.867 bits per heavy atom. The summed E-state index contributed by atoms with van der Waals surface area (Å²) >= 11 is 4.18. The van der Waals surface area contributed by atoms with E-state index in [2.05, 4.69) is 17.9 Å². The quantitative estimate of drug-likeness (QED) is 0.291. The fraction of sp³-hybridized carbons (Fsp3) is 0.120. The molecule has 4 rings (SSSR count). The van der Waals surface area contributed by atoms with E-state index in [1.807, 2.05) is 66.7 Å². The summed E-state index contributed by atoms with van der Waals surface area (Å²) in [7, 11) is 0. The maximum atomic E-state index is 13.2. The van der Waals surface area contributed by atoms with Crippen molar-refractivity contribution in [3.8, 4) is 11.1 Å². The number of rotatable bonds is 6. The van der Waals surface area contributed by atoms with Gasteiger partial charge in [-0.05, 0) is 45.3 Å². The average molecular weight is 416 g/mol. The molecule has 30 heavy (non-hydrogen) atoms. The number of fused-ring (bicyclic) bond motifs is 2. The van der Waals surface area contributed by atoms with E-state index >= 15 is 0 Å². The largest absolute Gasteiger partial charge is 0.478 e. The Balaban J connectivity index is 2.09. The minimum atomic E-state index is -1.12. The number of aromatic carboxylic acids is 1. The number of hydrogen-bond acceptors (Lipinski definition) is 3. The summed E-state index contributed by atoms with van der Waals surface area (Å²) in [6.45, 7) is 0.434. The summed E-state index contributed by atoms with van der Waals surface area (Å²) in [5.74, 6) is -0.871. The van der Waals surface area contributed by atoms with Crippen molar-refractivity contribution >= 4 is 46.1 Å². The number of carboxylic acid groups (broad SMARTS) is 1. The molecule has 0 fully saturated rings. The van der Waals surface area contributed by atoms with Crippen molar-refractivity contribution in [2.45, 2.75) is 6.42 Å². The smallest absolute Gasteiger partial charge is 0.336 e. The van der Waals surface area contributed by atoms with Crippen LogP contribution in [0, 0.1) is 0 Å². The molecule has 150 valence electrons. The molecular weight excluding hydrogens is 394 g/mol. The third-order valence-electron chi connectivity index (χ3n) is 5.19. The van der Waals surface area contributed by atoms with Gasteiger partial charge in [-0.2, -0.15) is 12.6 Å². The third-order valence-corrected chi connectivity index (χ3v) is 5.50. The van der Waals surface area contributed by atoms with Gasteiger partial charge in [0.2, 0.25) is 0 Å². The Morgan fingerprint density at radius 3 is 2.27 bits per heavy atom. The van der Waals surface area contributed by atoms with Crippen LogP contribution in [0.15, 0.2) is 72.8 Å². The van der Waals surface area contributed by atoms with Crippen LogP contribution in [-0.2, 0) is 0 Å². The highest BCUT2D eigenvalue weighted by molar-refractivity contribution is 7.80. The number of carboxylic acids is 1. The molecule has 4 aromatic carbocycles. The van der Waals surface area contributed by atoms with E-state index in [0.717, 1.165) is 27.1 Å². The van der Waals surface area contributed by atoms with Crippen molar-refractivity contribution in [2.24, 2.45) is 0 Å². The van der Waals surface area contributed by atoms with E-state index in [0.29, 0.717) is 24.3 Å². The first-order valence-corrected chi connectivity index (χ1v) is 10.4. The minimum absolute atomic E-state index is 0.00000709. The van der Waals surface area contributed by atoms with E-state index in [-0.39, 0.29) is 17.0 Å². The molecule has 1 amide bonds. The van der Waals surface area contributed by atoms with Crippen LogP contribution in [0.3, 0.4) is 0 Å². The van der Waals surface area contributed by atoms with Gasteiger partial charge in [-0.25, -0.2) is 4.79 Å². The average Bonchev–Trinajstić information content (AvgIpc) is 2.77. The number of carbonyl (C=O) groups is 2. The SMILES string of the molecule is O=C(O)c1cc2ccccc2c(-c2cccc3ccccc23)c1C(=O)NCCCS.